The molecule has 0 bridgehead atoms. The second-order valence-electron chi connectivity index (χ2n) is 5.38. The Kier molecular flexibility index (Phi) is 4.59. The van der Waals surface area contributed by atoms with Gasteiger partial charge in [-0.05, 0) is 47.1 Å². The number of piperidine rings is 1. The van der Waals surface area contributed by atoms with Crippen molar-refractivity contribution in [3.63, 3.8) is 0 Å². The fourth-order valence-electron chi connectivity index (χ4n) is 2.01. The van der Waals surface area contributed by atoms with Gasteiger partial charge in [0.05, 0.1) is 0 Å². The molecule has 1 N–H and O–H groups in total. The number of hydrogen-bond acceptors (Lipinski definition) is 3. The molecule has 4 nitrogen and oxygen atoms in total. The number of hydrogen-bond donors (Lipinski definition) is 1. The van der Waals surface area contributed by atoms with Gasteiger partial charge in [-0.25, -0.2) is 4.79 Å². The van der Waals surface area contributed by atoms with E-state index in [1.165, 1.54) is 6.42 Å². The lowest BCUT2D eigenvalue weighted by molar-refractivity contribution is 0.0102. The number of carbonyl (C=O) groups excluding carboxylic acids is 1. The molecule has 0 aromatic carbocycles. The van der Waals surface area contributed by atoms with E-state index in [1.807, 2.05) is 32.7 Å². The lowest BCUT2D eigenvalue weighted by atomic mass is 10.0. The Hall–Kier alpha value is -0.770. The van der Waals surface area contributed by atoms with Crippen molar-refractivity contribution in [3.05, 3.63) is 0 Å². The van der Waals surface area contributed by atoms with Crippen LogP contribution in [0.15, 0.2) is 0 Å². The molecule has 1 saturated heterocycles. The summed E-state index contributed by atoms with van der Waals surface area (Å²) in [5.41, 5.74) is -0.404. The summed E-state index contributed by atoms with van der Waals surface area (Å²) in [6.07, 6.45) is 3.18. The highest BCUT2D eigenvalue weighted by Gasteiger charge is 2.29. The molecule has 0 saturated carbocycles. The van der Waals surface area contributed by atoms with Crippen LogP contribution in [-0.2, 0) is 4.74 Å². The van der Waals surface area contributed by atoms with Crippen molar-refractivity contribution in [1.29, 1.82) is 0 Å². The first-order chi connectivity index (χ1) is 7.44. The second kappa shape index (κ2) is 5.53. The number of amides is 1. The molecule has 16 heavy (non-hydrogen) atoms. The van der Waals surface area contributed by atoms with Crippen molar-refractivity contribution < 1.29 is 9.53 Å². The normalized spacial score (nSPS) is 22.0. The van der Waals surface area contributed by atoms with Crippen molar-refractivity contribution >= 4 is 6.09 Å². The second-order valence-corrected chi connectivity index (χ2v) is 5.38. The summed E-state index contributed by atoms with van der Waals surface area (Å²) < 4.78 is 5.41. The molecule has 1 aliphatic heterocycles. The van der Waals surface area contributed by atoms with Gasteiger partial charge in [-0.1, -0.05) is 0 Å². The smallest absolute Gasteiger partial charge is 0.410 e. The molecule has 0 aliphatic carbocycles. The van der Waals surface area contributed by atoms with Crippen LogP contribution in [0.25, 0.3) is 0 Å². The van der Waals surface area contributed by atoms with E-state index < -0.39 is 5.60 Å². The van der Waals surface area contributed by atoms with Crippen molar-refractivity contribution in [2.75, 3.05) is 20.1 Å². The van der Waals surface area contributed by atoms with Crippen molar-refractivity contribution in [1.82, 2.24) is 10.2 Å². The average molecular weight is 228 g/mol. The van der Waals surface area contributed by atoms with E-state index in [9.17, 15) is 4.79 Å². The Morgan fingerprint density at radius 3 is 2.69 bits per heavy atom. The number of carbonyl (C=O) groups is 1. The highest BCUT2D eigenvalue weighted by molar-refractivity contribution is 5.68. The summed E-state index contributed by atoms with van der Waals surface area (Å²) in [5.74, 6) is 0. The number of ether oxygens (including phenoxy) is 1. The summed E-state index contributed by atoms with van der Waals surface area (Å²) in [4.78, 5) is 13.8. The molecular formula is C12H24N2O2. The topological polar surface area (TPSA) is 41.6 Å². The van der Waals surface area contributed by atoms with Crippen molar-refractivity contribution in [2.45, 2.75) is 51.7 Å². The molecule has 94 valence electrons. The number of rotatable bonds is 2. The van der Waals surface area contributed by atoms with E-state index in [4.69, 9.17) is 4.74 Å². The van der Waals surface area contributed by atoms with E-state index in [2.05, 4.69) is 5.32 Å². The largest absolute Gasteiger partial charge is 0.444 e. The van der Waals surface area contributed by atoms with Crippen molar-refractivity contribution in [2.24, 2.45) is 0 Å². The first kappa shape index (κ1) is 13.3. The van der Waals surface area contributed by atoms with Gasteiger partial charge in [0.15, 0.2) is 0 Å². The molecule has 1 heterocycles. The highest BCUT2D eigenvalue weighted by Crippen LogP contribution is 2.19. The van der Waals surface area contributed by atoms with Gasteiger partial charge in [0.25, 0.3) is 0 Å². The number of likely N-dealkylation sites (tertiary alicyclic amines) is 1. The highest BCUT2D eigenvalue weighted by atomic mass is 16.6. The molecule has 0 radical (unpaired) electrons. The summed E-state index contributed by atoms with van der Waals surface area (Å²) in [5, 5.41) is 3.14. The number of likely N-dealkylation sites (N-methyl/N-ethyl adjacent to an activating group) is 1. The molecule has 0 spiro atoms. The maximum atomic E-state index is 12.0. The molecule has 1 atom stereocenters. The lowest BCUT2D eigenvalue weighted by Gasteiger charge is -2.36. The summed E-state index contributed by atoms with van der Waals surface area (Å²) in [6, 6.07) is 0.286. The molecule has 4 heteroatoms. The quantitative estimate of drug-likeness (QED) is 0.786. The molecule has 1 unspecified atom stereocenters. The Labute approximate surface area is 98.3 Å². The zero-order valence-electron chi connectivity index (χ0n) is 10.9. The van der Waals surface area contributed by atoms with Crippen molar-refractivity contribution in [3.8, 4) is 0 Å². The van der Waals surface area contributed by atoms with Crippen LogP contribution in [0.3, 0.4) is 0 Å². The Balaban J connectivity index is 2.57. The van der Waals surface area contributed by atoms with E-state index in [0.29, 0.717) is 0 Å². The van der Waals surface area contributed by atoms with E-state index in [-0.39, 0.29) is 12.1 Å². The van der Waals surface area contributed by atoms with Crippen LogP contribution in [-0.4, -0.2) is 42.8 Å². The SMILES string of the molecule is CNCC1CCCCN1C(=O)OC(C)(C)C. The Bertz CT molecular complexity index is 234. The standard InChI is InChI=1S/C12H24N2O2/c1-12(2,3)16-11(15)14-8-6-5-7-10(14)9-13-4/h10,13H,5-9H2,1-4H3. The monoisotopic (exact) mass is 228 g/mol. The third-order valence-corrected chi connectivity index (χ3v) is 2.69. The van der Waals surface area contributed by atoms with Crippen LogP contribution < -0.4 is 5.32 Å². The van der Waals surface area contributed by atoms with E-state index >= 15 is 0 Å². The maximum absolute atomic E-state index is 12.0. The van der Waals surface area contributed by atoms with Gasteiger partial charge >= 0.3 is 6.09 Å². The summed E-state index contributed by atoms with van der Waals surface area (Å²) in [7, 11) is 1.92. The lowest BCUT2D eigenvalue weighted by Crippen LogP contribution is -2.49. The van der Waals surface area contributed by atoms with Crippen LogP contribution >= 0.6 is 0 Å². The zero-order chi connectivity index (χ0) is 12.2. The minimum Gasteiger partial charge on any atom is -0.444 e. The Morgan fingerprint density at radius 1 is 1.44 bits per heavy atom. The third-order valence-electron chi connectivity index (χ3n) is 2.69. The number of nitrogens with one attached hydrogen (secondary N) is 1. The van der Waals surface area contributed by atoms with E-state index in [0.717, 1.165) is 25.9 Å². The Morgan fingerprint density at radius 2 is 2.12 bits per heavy atom. The van der Waals surface area contributed by atoms with Gasteiger partial charge < -0.3 is 15.0 Å². The predicted molar refractivity (Wildman–Crippen MR) is 64.5 cm³/mol. The molecule has 1 rings (SSSR count). The fourth-order valence-corrected chi connectivity index (χ4v) is 2.01. The van der Waals surface area contributed by atoms with Gasteiger partial charge in [-0.3, -0.25) is 0 Å². The van der Waals surface area contributed by atoms with Crippen LogP contribution in [0.4, 0.5) is 4.79 Å². The molecule has 0 aromatic heterocycles. The molecular weight excluding hydrogens is 204 g/mol. The average Bonchev–Trinajstić information content (AvgIpc) is 2.16. The van der Waals surface area contributed by atoms with Crippen LogP contribution in [0.5, 0.6) is 0 Å². The van der Waals surface area contributed by atoms with Gasteiger partial charge in [0, 0.05) is 19.1 Å². The van der Waals surface area contributed by atoms with Crippen LogP contribution in [0, 0.1) is 0 Å². The first-order valence-corrected chi connectivity index (χ1v) is 6.08. The molecule has 0 aromatic rings. The molecule has 1 amide bonds. The molecule has 1 aliphatic rings. The predicted octanol–water partition coefficient (Wildman–Crippen LogP) is 2.00. The van der Waals surface area contributed by atoms with Crippen LogP contribution in [0.1, 0.15) is 40.0 Å². The summed E-state index contributed by atoms with van der Waals surface area (Å²) >= 11 is 0. The van der Waals surface area contributed by atoms with Gasteiger partial charge in [0.1, 0.15) is 5.60 Å². The maximum Gasteiger partial charge on any atom is 0.410 e. The molecule has 1 fully saturated rings. The van der Waals surface area contributed by atoms with Gasteiger partial charge in [0.2, 0.25) is 0 Å². The first-order valence-electron chi connectivity index (χ1n) is 6.08. The zero-order valence-corrected chi connectivity index (χ0v) is 10.9. The minimum atomic E-state index is -0.404. The van der Waals surface area contributed by atoms with Gasteiger partial charge in [-0.2, -0.15) is 0 Å². The third kappa shape index (κ3) is 4.00. The van der Waals surface area contributed by atoms with E-state index in [1.54, 1.807) is 0 Å². The van der Waals surface area contributed by atoms with Crippen LogP contribution in [0.2, 0.25) is 0 Å². The number of nitrogens with zero attached hydrogens (tertiary/aromatic N) is 1. The van der Waals surface area contributed by atoms with Gasteiger partial charge in [-0.15, -0.1) is 0 Å². The minimum absolute atomic E-state index is 0.174. The summed E-state index contributed by atoms with van der Waals surface area (Å²) in [6.45, 7) is 7.38. The fraction of sp³-hybridized carbons (Fsp3) is 0.917.